The summed E-state index contributed by atoms with van der Waals surface area (Å²) in [4.78, 5) is 14.3. The smallest absolute Gasteiger partial charge is 0.242 e. The number of methoxy groups -OCH3 is 1. The first kappa shape index (κ1) is 16.7. The molecule has 0 unspecified atom stereocenters. The maximum Gasteiger partial charge on any atom is 0.242 e. The molecule has 1 saturated carbocycles. The van der Waals surface area contributed by atoms with Crippen LogP contribution in [0.4, 0.5) is 0 Å². The summed E-state index contributed by atoms with van der Waals surface area (Å²) in [5.41, 5.74) is 5.37. The molecule has 0 aromatic heterocycles. The minimum absolute atomic E-state index is 0. The molecule has 0 bridgehead atoms. The van der Waals surface area contributed by atoms with Crippen molar-refractivity contribution in [3.8, 4) is 0 Å². The van der Waals surface area contributed by atoms with Gasteiger partial charge in [0.1, 0.15) is 0 Å². The molecule has 1 spiro atoms. The zero-order valence-corrected chi connectivity index (χ0v) is 13.1. The van der Waals surface area contributed by atoms with E-state index in [4.69, 9.17) is 10.5 Å². The fourth-order valence-corrected chi connectivity index (χ4v) is 3.68. The molecular weight excluding hydrogens is 264 g/mol. The highest BCUT2D eigenvalue weighted by molar-refractivity contribution is 5.85. The van der Waals surface area contributed by atoms with Gasteiger partial charge in [-0.1, -0.05) is 6.42 Å². The average Bonchev–Trinajstić information content (AvgIpc) is 2.69. The second-order valence-electron chi connectivity index (χ2n) is 6.53. The van der Waals surface area contributed by atoms with Crippen LogP contribution in [0.2, 0.25) is 0 Å². The van der Waals surface area contributed by atoms with Gasteiger partial charge in [-0.2, -0.15) is 0 Å². The zero-order chi connectivity index (χ0) is 13.4. The maximum atomic E-state index is 12.3. The van der Waals surface area contributed by atoms with Crippen molar-refractivity contribution in [3.63, 3.8) is 0 Å². The number of ether oxygens (including phenoxy) is 1. The molecule has 4 nitrogen and oxygen atoms in total. The molecule has 0 radical (unpaired) electrons. The van der Waals surface area contributed by atoms with Crippen LogP contribution in [0.25, 0.3) is 0 Å². The Morgan fingerprint density at radius 1 is 1.37 bits per heavy atom. The van der Waals surface area contributed by atoms with Crippen molar-refractivity contribution in [3.05, 3.63) is 0 Å². The minimum atomic E-state index is -0.764. The van der Waals surface area contributed by atoms with Gasteiger partial charge in [-0.15, -0.1) is 12.4 Å². The Bertz CT molecular complexity index is 330. The fourth-order valence-electron chi connectivity index (χ4n) is 3.68. The average molecular weight is 291 g/mol. The summed E-state index contributed by atoms with van der Waals surface area (Å²) in [6.07, 6.45) is 6.09. The summed E-state index contributed by atoms with van der Waals surface area (Å²) in [7, 11) is 1.80. The third-order valence-electron chi connectivity index (χ3n) is 4.56. The molecule has 0 aromatic rings. The van der Waals surface area contributed by atoms with Gasteiger partial charge in [0.2, 0.25) is 5.91 Å². The van der Waals surface area contributed by atoms with Gasteiger partial charge in [-0.25, -0.2) is 0 Å². The molecule has 1 amide bonds. The number of amides is 1. The molecule has 19 heavy (non-hydrogen) atoms. The van der Waals surface area contributed by atoms with Gasteiger partial charge < -0.3 is 15.4 Å². The van der Waals surface area contributed by atoms with Crippen LogP contribution in [0, 0.1) is 5.41 Å². The molecule has 2 aliphatic rings. The van der Waals surface area contributed by atoms with E-state index in [1.807, 2.05) is 4.90 Å². The first-order valence-electron chi connectivity index (χ1n) is 7.00. The van der Waals surface area contributed by atoms with Gasteiger partial charge in [0.25, 0.3) is 0 Å². The van der Waals surface area contributed by atoms with E-state index in [1.165, 1.54) is 19.3 Å². The number of hydrogen-bond acceptors (Lipinski definition) is 3. The summed E-state index contributed by atoms with van der Waals surface area (Å²) in [6, 6.07) is 0. The number of hydrogen-bond donors (Lipinski definition) is 1. The number of rotatable bonds is 2. The number of carbonyl (C=O) groups is 1. The van der Waals surface area contributed by atoms with E-state index < -0.39 is 5.54 Å². The zero-order valence-electron chi connectivity index (χ0n) is 12.3. The third kappa shape index (κ3) is 3.23. The van der Waals surface area contributed by atoms with Crippen molar-refractivity contribution in [2.75, 3.05) is 20.2 Å². The number of nitrogens with zero attached hydrogens (tertiary/aromatic N) is 1. The van der Waals surface area contributed by atoms with E-state index in [1.54, 1.807) is 21.0 Å². The monoisotopic (exact) mass is 290 g/mol. The highest BCUT2D eigenvalue weighted by atomic mass is 35.5. The Morgan fingerprint density at radius 3 is 2.58 bits per heavy atom. The number of nitrogens with two attached hydrogens (primary N) is 1. The van der Waals surface area contributed by atoms with Gasteiger partial charge in [0.15, 0.2) is 0 Å². The predicted molar refractivity (Wildman–Crippen MR) is 78.4 cm³/mol. The Balaban J connectivity index is 0.00000180. The van der Waals surface area contributed by atoms with E-state index in [0.29, 0.717) is 6.10 Å². The Hall–Kier alpha value is -0.320. The van der Waals surface area contributed by atoms with Gasteiger partial charge in [0.05, 0.1) is 11.6 Å². The normalized spacial score (nSPS) is 31.4. The van der Waals surface area contributed by atoms with Crippen molar-refractivity contribution in [2.45, 2.75) is 57.6 Å². The molecule has 2 rings (SSSR count). The molecule has 2 fully saturated rings. The second kappa shape index (κ2) is 5.98. The minimum Gasteiger partial charge on any atom is -0.381 e. The van der Waals surface area contributed by atoms with E-state index in [-0.39, 0.29) is 23.7 Å². The van der Waals surface area contributed by atoms with Crippen LogP contribution in [0.15, 0.2) is 0 Å². The van der Waals surface area contributed by atoms with Crippen LogP contribution in [0.1, 0.15) is 46.0 Å². The molecule has 1 aliphatic heterocycles. The predicted octanol–water partition coefficient (Wildman–Crippen LogP) is 1.95. The van der Waals surface area contributed by atoms with Gasteiger partial charge in [-0.3, -0.25) is 4.79 Å². The number of likely N-dealkylation sites (tertiary alicyclic amines) is 1. The summed E-state index contributed by atoms with van der Waals surface area (Å²) >= 11 is 0. The van der Waals surface area contributed by atoms with Crippen molar-refractivity contribution >= 4 is 18.3 Å². The topological polar surface area (TPSA) is 55.6 Å². The standard InChI is InChI=1S/C14H26N2O2.ClH/c1-13(2,15)12(17)16-9-5-8-14(10-16)7-4-6-11(14)18-3;/h11H,4-10,15H2,1-3H3;1H/t11-,14+;/m1./s1. The van der Waals surface area contributed by atoms with Crippen molar-refractivity contribution in [1.82, 2.24) is 4.90 Å². The van der Waals surface area contributed by atoms with Crippen molar-refractivity contribution in [1.29, 1.82) is 0 Å². The first-order valence-corrected chi connectivity index (χ1v) is 7.00. The highest BCUT2D eigenvalue weighted by Gasteiger charge is 2.47. The van der Waals surface area contributed by atoms with E-state index in [2.05, 4.69) is 0 Å². The van der Waals surface area contributed by atoms with Gasteiger partial charge in [-0.05, 0) is 39.5 Å². The molecule has 1 saturated heterocycles. The molecule has 5 heteroatoms. The number of piperidine rings is 1. The SMILES string of the molecule is CO[C@@H]1CCC[C@@]12CCCN(C(=O)C(C)(C)N)C2.Cl. The molecule has 1 heterocycles. The van der Waals surface area contributed by atoms with Crippen LogP contribution in [0.5, 0.6) is 0 Å². The lowest BCUT2D eigenvalue weighted by Gasteiger charge is -2.45. The van der Waals surface area contributed by atoms with Crippen molar-refractivity contribution < 1.29 is 9.53 Å². The lowest BCUT2D eigenvalue weighted by atomic mass is 9.76. The van der Waals surface area contributed by atoms with E-state index >= 15 is 0 Å². The van der Waals surface area contributed by atoms with E-state index in [9.17, 15) is 4.79 Å². The van der Waals surface area contributed by atoms with Crippen LogP contribution in [0.3, 0.4) is 0 Å². The molecule has 112 valence electrons. The summed E-state index contributed by atoms with van der Waals surface area (Å²) < 4.78 is 5.65. The largest absolute Gasteiger partial charge is 0.381 e. The molecule has 0 aromatic carbocycles. The van der Waals surface area contributed by atoms with E-state index in [0.717, 1.165) is 25.9 Å². The first-order chi connectivity index (χ1) is 8.39. The summed E-state index contributed by atoms with van der Waals surface area (Å²) in [6.45, 7) is 5.25. The maximum absolute atomic E-state index is 12.3. The quantitative estimate of drug-likeness (QED) is 0.846. The molecular formula is C14H27ClN2O2. The number of halogens is 1. The van der Waals surface area contributed by atoms with Crippen LogP contribution in [-0.2, 0) is 9.53 Å². The molecule has 2 atom stereocenters. The Morgan fingerprint density at radius 2 is 2.00 bits per heavy atom. The Labute approximate surface area is 122 Å². The van der Waals surface area contributed by atoms with Gasteiger partial charge >= 0.3 is 0 Å². The van der Waals surface area contributed by atoms with Crippen molar-refractivity contribution in [2.24, 2.45) is 11.1 Å². The fraction of sp³-hybridized carbons (Fsp3) is 0.929. The number of carbonyl (C=O) groups excluding carboxylic acids is 1. The van der Waals surface area contributed by atoms with Crippen LogP contribution >= 0.6 is 12.4 Å². The van der Waals surface area contributed by atoms with Crippen LogP contribution in [-0.4, -0.2) is 42.6 Å². The lowest BCUT2D eigenvalue weighted by molar-refractivity contribution is -0.141. The second-order valence-corrected chi connectivity index (χ2v) is 6.53. The molecule has 2 N–H and O–H groups in total. The molecule has 1 aliphatic carbocycles. The summed E-state index contributed by atoms with van der Waals surface area (Å²) in [5.74, 6) is 0.0725. The lowest BCUT2D eigenvalue weighted by Crippen LogP contribution is -2.57. The third-order valence-corrected chi connectivity index (χ3v) is 4.56. The van der Waals surface area contributed by atoms with Gasteiger partial charge in [0, 0.05) is 25.6 Å². The summed E-state index contributed by atoms with van der Waals surface area (Å²) in [5, 5.41) is 0. The highest BCUT2D eigenvalue weighted by Crippen LogP contribution is 2.46. The Kier molecular flexibility index (Phi) is 5.27. The van der Waals surface area contributed by atoms with Crippen LogP contribution < -0.4 is 5.73 Å².